The van der Waals surface area contributed by atoms with Crippen LogP contribution < -0.4 is 0 Å². The SMILES string of the molecule is Clc1nccc2sc(CBr)cc12. The van der Waals surface area contributed by atoms with Crippen molar-refractivity contribution in [3.05, 3.63) is 28.4 Å². The molecule has 2 aromatic heterocycles. The Morgan fingerprint density at radius 3 is 3.08 bits per heavy atom. The van der Waals surface area contributed by atoms with E-state index in [0.29, 0.717) is 5.15 Å². The van der Waals surface area contributed by atoms with Crippen molar-refractivity contribution in [2.45, 2.75) is 5.33 Å². The standard InChI is InChI=1S/C8H5BrClNS/c9-4-5-3-6-7(12-5)1-2-11-8(6)10/h1-3H,4H2. The number of thiophene rings is 1. The molecule has 2 heterocycles. The molecule has 4 heteroatoms. The summed E-state index contributed by atoms with van der Waals surface area (Å²) in [6.07, 6.45) is 1.74. The lowest BCUT2D eigenvalue weighted by molar-refractivity contribution is 1.37. The van der Waals surface area contributed by atoms with Gasteiger partial charge in [0.15, 0.2) is 0 Å². The number of halogens is 2. The molecule has 0 aliphatic carbocycles. The van der Waals surface area contributed by atoms with Gasteiger partial charge in [-0.3, -0.25) is 0 Å². The van der Waals surface area contributed by atoms with Crippen molar-refractivity contribution in [2.24, 2.45) is 0 Å². The average Bonchev–Trinajstić information content (AvgIpc) is 2.49. The van der Waals surface area contributed by atoms with Gasteiger partial charge in [0, 0.05) is 26.5 Å². The molecule has 1 nitrogen and oxygen atoms in total. The molecule has 12 heavy (non-hydrogen) atoms. The van der Waals surface area contributed by atoms with Gasteiger partial charge in [-0.05, 0) is 12.1 Å². The van der Waals surface area contributed by atoms with Gasteiger partial charge in [-0.2, -0.15) is 0 Å². The van der Waals surface area contributed by atoms with E-state index in [0.717, 1.165) is 10.7 Å². The lowest BCUT2D eigenvalue weighted by Gasteiger charge is -1.88. The Balaban J connectivity index is 2.74. The summed E-state index contributed by atoms with van der Waals surface area (Å²) in [5.74, 6) is 0. The smallest absolute Gasteiger partial charge is 0.137 e. The molecule has 0 saturated heterocycles. The Labute approximate surface area is 87.5 Å². The first-order chi connectivity index (χ1) is 5.81. The minimum absolute atomic E-state index is 0.593. The van der Waals surface area contributed by atoms with Gasteiger partial charge in [0.1, 0.15) is 5.15 Å². The predicted octanol–water partition coefficient (Wildman–Crippen LogP) is 3.84. The first kappa shape index (κ1) is 8.48. The van der Waals surface area contributed by atoms with Crippen LogP contribution in [-0.2, 0) is 5.33 Å². The van der Waals surface area contributed by atoms with Crippen LogP contribution in [0.25, 0.3) is 10.1 Å². The van der Waals surface area contributed by atoms with Crippen molar-refractivity contribution in [3.63, 3.8) is 0 Å². The fraction of sp³-hybridized carbons (Fsp3) is 0.125. The van der Waals surface area contributed by atoms with Crippen molar-refractivity contribution in [2.75, 3.05) is 0 Å². The average molecular weight is 263 g/mol. The molecule has 0 N–H and O–H groups in total. The van der Waals surface area contributed by atoms with Crippen LogP contribution in [0.15, 0.2) is 18.3 Å². The summed E-state index contributed by atoms with van der Waals surface area (Å²) >= 11 is 11.1. The second-order valence-corrected chi connectivity index (χ2v) is 4.45. The van der Waals surface area contributed by atoms with Gasteiger partial charge in [0.2, 0.25) is 0 Å². The van der Waals surface area contributed by atoms with Crippen LogP contribution in [0.1, 0.15) is 4.88 Å². The summed E-state index contributed by atoms with van der Waals surface area (Å²) in [6.45, 7) is 0. The van der Waals surface area contributed by atoms with Crippen LogP contribution in [0.4, 0.5) is 0 Å². The molecule has 0 atom stereocenters. The quantitative estimate of drug-likeness (QED) is 0.562. The monoisotopic (exact) mass is 261 g/mol. The molecule has 62 valence electrons. The Hall–Kier alpha value is -0.120. The molecule has 0 fully saturated rings. The van der Waals surface area contributed by atoms with Gasteiger partial charge < -0.3 is 0 Å². The zero-order chi connectivity index (χ0) is 8.55. The van der Waals surface area contributed by atoms with E-state index in [2.05, 4.69) is 27.0 Å². The first-order valence-electron chi connectivity index (χ1n) is 3.40. The highest BCUT2D eigenvalue weighted by Gasteiger charge is 2.03. The van der Waals surface area contributed by atoms with E-state index in [9.17, 15) is 0 Å². The fourth-order valence-corrected chi connectivity index (χ4v) is 2.73. The maximum absolute atomic E-state index is 5.91. The second-order valence-electron chi connectivity index (χ2n) is 2.36. The molecular formula is C8H5BrClNS. The molecule has 0 unspecified atom stereocenters. The van der Waals surface area contributed by atoms with Gasteiger partial charge >= 0.3 is 0 Å². The number of alkyl halides is 1. The topological polar surface area (TPSA) is 12.9 Å². The predicted molar refractivity (Wildman–Crippen MR) is 57.3 cm³/mol. The zero-order valence-corrected chi connectivity index (χ0v) is 9.21. The Morgan fingerprint density at radius 1 is 1.58 bits per heavy atom. The van der Waals surface area contributed by atoms with E-state index in [1.165, 1.54) is 9.58 Å². The summed E-state index contributed by atoms with van der Waals surface area (Å²) in [5.41, 5.74) is 0. The summed E-state index contributed by atoms with van der Waals surface area (Å²) < 4.78 is 1.20. The minimum Gasteiger partial charge on any atom is -0.244 e. The number of aromatic nitrogens is 1. The minimum atomic E-state index is 0.593. The number of fused-ring (bicyclic) bond motifs is 1. The molecule has 0 bridgehead atoms. The molecule has 0 aromatic carbocycles. The Kier molecular flexibility index (Phi) is 2.35. The van der Waals surface area contributed by atoms with E-state index in [1.54, 1.807) is 17.5 Å². The molecule has 2 rings (SSSR count). The molecule has 0 aliphatic rings. The molecule has 0 radical (unpaired) electrons. The van der Waals surface area contributed by atoms with Gasteiger partial charge in [-0.1, -0.05) is 27.5 Å². The third-order valence-corrected chi connectivity index (χ3v) is 3.96. The van der Waals surface area contributed by atoms with Crippen LogP contribution in [0, 0.1) is 0 Å². The highest BCUT2D eigenvalue weighted by atomic mass is 79.9. The van der Waals surface area contributed by atoms with E-state index in [-0.39, 0.29) is 0 Å². The Morgan fingerprint density at radius 2 is 2.42 bits per heavy atom. The van der Waals surface area contributed by atoms with E-state index >= 15 is 0 Å². The third-order valence-electron chi connectivity index (χ3n) is 1.58. The maximum atomic E-state index is 5.91. The van der Waals surface area contributed by atoms with Crippen molar-refractivity contribution >= 4 is 49.0 Å². The van der Waals surface area contributed by atoms with Gasteiger partial charge in [-0.25, -0.2) is 4.98 Å². The van der Waals surface area contributed by atoms with Crippen molar-refractivity contribution in [3.8, 4) is 0 Å². The summed E-state index contributed by atoms with van der Waals surface area (Å²) in [4.78, 5) is 5.29. The van der Waals surface area contributed by atoms with E-state index < -0.39 is 0 Å². The molecular weight excluding hydrogens is 258 g/mol. The third kappa shape index (κ3) is 1.37. The largest absolute Gasteiger partial charge is 0.244 e. The van der Waals surface area contributed by atoms with Gasteiger partial charge in [0.25, 0.3) is 0 Å². The number of nitrogens with zero attached hydrogens (tertiary/aromatic N) is 1. The van der Waals surface area contributed by atoms with Crippen LogP contribution in [0.2, 0.25) is 5.15 Å². The van der Waals surface area contributed by atoms with E-state index in [4.69, 9.17) is 11.6 Å². The molecule has 2 aromatic rings. The zero-order valence-electron chi connectivity index (χ0n) is 6.05. The van der Waals surface area contributed by atoms with Crippen LogP contribution >= 0.6 is 38.9 Å². The number of hydrogen-bond donors (Lipinski definition) is 0. The van der Waals surface area contributed by atoms with Crippen LogP contribution in [0.3, 0.4) is 0 Å². The highest BCUT2D eigenvalue weighted by molar-refractivity contribution is 9.08. The van der Waals surface area contributed by atoms with E-state index in [1.807, 2.05) is 6.07 Å². The lowest BCUT2D eigenvalue weighted by Crippen LogP contribution is -1.71. The second kappa shape index (κ2) is 3.32. The summed E-state index contributed by atoms with van der Waals surface area (Å²) in [5, 5.41) is 2.53. The van der Waals surface area contributed by atoms with Crippen molar-refractivity contribution < 1.29 is 0 Å². The fourth-order valence-electron chi connectivity index (χ4n) is 1.05. The molecule has 0 saturated carbocycles. The molecule has 0 spiro atoms. The number of pyridine rings is 1. The number of rotatable bonds is 1. The maximum Gasteiger partial charge on any atom is 0.137 e. The first-order valence-corrected chi connectivity index (χ1v) is 5.72. The van der Waals surface area contributed by atoms with Gasteiger partial charge in [-0.15, -0.1) is 11.3 Å². The summed E-state index contributed by atoms with van der Waals surface area (Å²) in [6, 6.07) is 4.06. The Bertz CT molecular complexity index is 412. The molecule has 0 amide bonds. The van der Waals surface area contributed by atoms with Crippen LogP contribution in [0.5, 0.6) is 0 Å². The van der Waals surface area contributed by atoms with Crippen LogP contribution in [-0.4, -0.2) is 4.98 Å². The highest BCUT2D eigenvalue weighted by Crippen LogP contribution is 2.30. The summed E-state index contributed by atoms with van der Waals surface area (Å²) in [7, 11) is 0. The lowest BCUT2D eigenvalue weighted by atomic mass is 10.3. The normalized spacial score (nSPS) is 10.8. The number of hydrogen-bond acceptors (Lipinski definition) is 2. The van der Waals surface area contributed by atoms with Crippen molar-refractivity contribution in [1.29, 1.82) is 0 Å². The van der Waals surface area contributed by atoms with Gasteiger partial charge in [0.05, 0.1) is 0 Å². The van der Waals surface area contributed by atoms with Crippen molar-refractivity contribution in [1.82, 2.24) is 4.98 Å². The molecule has 0 aliphatic heterocycles.